The molecule has 2 aliphatic heterocycles. The van der Waals surface area contributed by atoms with E-state index in [4.69, 9.17) is 14.2 Å². The van der Waals surface area contributed by atoms with Crippen LogP contribution in [0, 0.1) is 0 Å². The molecule has 25 heavy (non-hydrogen) atoms. The normalized spacial score (nSPS) is 35.7. The van der Waals surface area contributed by atoms with Gasteiger partial charge in [-0.1, -0.05) is 0 Å². The maximum absolute atomic E-state index is 13.7. The van der Waals surface area contributed by atoms with Crippen LogP contribution in [-0.2, 0) is 42.8 Å². The van der Waals surface area contributed by atoms with Crippen molar-refractivity contribution in [1.82, 2.24) is 0 Å². The minimum Gasteiger partial charge on any atom is -0.342 e. The topological polar surface area (TPSA) is 114 Å². The third-order valence-corrected chi connectivity index (χ3v) is 4.43. The monoisotopic (exact) mass is 414 g/mol. The summed E-state index contributed by atoms with van der Waals surface area (Å²) in [6.45, 7) is 1.77. The Morgan fingerprint density at radius 3 is 2.00 bits per heavy atom. The van der Waals surface area contributed by atoms with Crippen LogP contribution in [0.4, 0.5) is 13.2 Å². The quantitative estimate of drug-likeness (QED) is 0.579. The Kier molecular flexibility index (Phi) is 4.99. The fourth-order valence-electron chi connectivity index (χ4n) is 2.60. The molecule has 2 rings (SSSR count). The molecule has 0 N–H and O–H groups in total. The zero-order chi connectivity index (χ0) is 19.5. The molecule has 0 spiro atoms. The molecule has 9 nitrogen and oxygen atoms in total. The first-order valence-electron chi connectivity index (χ1n) is 6.81. The minimum absolute atomic E-state index is 0.417. The van der Waals surface area contributed by atoms with Crippen LogP contribution in [0.1, 0.15) is 13.8 Å². The van der Waals surface area contributed by atoms with Crippen LogP contribution >= 0.6 is 0 Å². The van der Waals surface area contributed by atoms with Crippen LogP contribution in [0.15, 0.2) is 0 Å². The zero-order valence-corrected chi connectivity index (χ0v) is 15.2. The van der Waals surface area contributed by atoms with E-state index >= 15 is 0 Å². The van der Waals surface area contributed by atoms with E-state index in [1.165, 1.54) is 13.8 Å². The van der Waals surface area contributed by atoms with Gasteiger partial charge < -0.3 is 14.2 Å². The van der Waals surface area contributed by atoms with E-state index in [0.717, 1.165) is 0 Å². The highest BCUT2D eigenvalue weighted by Crippen LogP contribution is 2.52. The molecule has 0 saturated carbocycles. The van der Waals surface area contributed by atoms with Crippen LogP contribution in [-0.4, -0.2) is 72.0 Å². The lowest BCUT2D eigenvalue weighted by Crippen LogP contribution is -2.57. The number of fused-ring (bicyclic) bond motifs is 1. The number of hydrogen-bond acceptors (Lipinski definition) is 9. The molecule has 148 valence electrons. The molecule has 0 aromatic heterocycles. The van der Waals surface area contributed by atoms with Gasteiger partial charge in [0, 0.05) is 0 Å². The van der Waals surface area contributed by atoms with E-state index in [9.17, 15) is 30.0 Å². The van der Waals surface area contributed by atoms with E-state index in [1.54, 1.807) is 0 Å². The largest absolute Gasteiger partial charge is 0.447 e. The van der Waals surface area contributed by atoms with E-state index in [-0.39, 0.29) is 0 Å². The first-order valence-corrected chi connectivity index (χ1v) is 10.4. The Morgan fingerprint density at radius 1 is 1.00 bits per heavy atom. The molecule has 0 unspecified atom stereocenters. The molecule has 0 aliphatic carbocycles. The van der Waals surface area contributed by atoms with Gasteiger partial charge in [-0.2, -0.15) is 30.0 Å². The van der Waals surface area contributed by atoms with Crippen molar-refractivity contribution in [3.63, 3.8) is 0 Å². The Bertz CT molecular complexity index is 730. The summed E-state index contributed by atoms with van der Waals surface area (Å²) in [4.78, 5) is 0. The van der Waals surface area contributed by atoms with Crippen molar-refractivity contribution in [2.75, 3.05) is 19.1 Å². The van der Waals surface area contributed by atoms with Crippen LogP contribution < -0.4 is 0 Å². The van der Waals surface area contributed by atoms with Crippen LogP contribution in [0.5, 0.6) is 0 Å². The third-order valence-electron chi connectivity index (χ3n) is 3.31. The van der Waals surface area contributed by atoms with Crippen molar-refractivity contribution < 1.29 is 52.6 Å². The summed E-state index contributed by atoms with van der Waals surface area (Å²) >= 11 is 0. The van der Waals surface area contributed by atoms with E-state index in [2.05, 4.69) is 8.37 Å². The molecule has 14 heteroatoms. The second kappa shape index (κ2) is 6.00. The SMILES string of the molecule is CC1(C)O[C@H]2[C@@H](O1)[C@](OS(C)(=O)=O)(C(F)(F)F)O[C@@H]2COS(C)(=O)=O. The highest BCUT2D eigenvalue weighted by atomic mass is 32.2. The van der Waals surface area contributed by atoms with Gasteiger partial charge in [0.05, 0.1) is 19.1 Å². The van der Waals surface area contributed by atoms with Gasteiger partial charge in [0.25, 0.3) is 20.2 Å². The molecular formula is C11H17F3O9S2. The molecule has 0 amide bonds. The summed E-state index contributed by atoms with van der Waals surface area (Å²) in [5.41, 5.74) is 0. The van der Waals surface area contributed by atoms with Crippen molar-refractivity contribution in [2.24, 2.45) is 0 Å². The van der Waals surface area contributed by atoms with E-state index < -0.39 is 62.9 Å². The van der Waals surface area contributed by atoms with Gasteiger partial charge in [-0.15, -0.1) is 0 Å². The first kappa shape index (κ1) is 20.8. The lowest BCUT2D eigenvalue weighted by molar-refractivity contribution is -0.376. The lowest BCUT2D eigenvalue weighted by atomic mass is 10.1. The molecule has 2 aliphatic rings. The maximum atomic E-state index is 13.7. The average molecular weight is 414 g/mol. The van der Waals surface area contributed by atoms with E-state index in [1.807, 2.05) is 0 Å². The highest BCUT2D eigenvalue weighted by molar-refractivity contribution is 7.86. The molecule has 2 saturated heterocycles. The van der Waals surface area contributed by atoms with Crippen molar-refractivity contribution >= 4 is 20.2 Å². The third kappa shape index (κ3) is 4.43. The molecule has 0 radical (unpaired) electrons. The fourth-order valence-corrected chi connectivity index (χ4v) is 3.66. The van der Waals surface area contributed by atoms with Gasteiger partial charge >= 0.3 is 12.0 Å². The van der Waals surface area contributed by atoms with Gasteiger partial charge in [-0.3, -0.25) is 4.18 Å². The van der Waals surface area contributed by atoms with Crippen LogP contribution in [0.25, 0.3) is 0 Å². The van der Waals surface area contributed by atoms with Crippen molar-refractivity contribution in [3.05, 3.63) is 0 Å². The Morgan fingerprint density at radius 2 is 1.56 bits per heavy atom. The van der Waals surface area contributed by atoms with Gasteiger partial charge in [0.2, 0.25) is 0 Å². The van der Waals surface area contributed by atoms with Gasteiger partial charge in [-0.05, 0) is 13.8 Å². The predicted molar refractivity (Wildman–Crippen MR) is 74.2 cm³/mol. The molecule has 0 aromatic carbocycles. The number of rotatable bonds is 5. The summed E-state index contributed by atoms with van der Waals surface area (Å²) < 4.78 is 110. The Balaban J connectivity index is 2.45. The van der Waals surface area contributed by atoms with Crippen molar-refractivity contribution in [3.8, 4) is 0 Å². The van der Waals surface area contributed by atoms with Crippen molar-refractivity contribution in [1.29, 1.82) is 0 Å². The molecular weight excluding hydrogens is 397 g/mol. The smallest absolute Gasteiger partial charge is 0.342 e. The maximum Gasteiger partial charge on any atom is 0.447 e. The molecule has 2 heterocycles. The second-order valence-electron chi connectivity index (χ2n) is 6.12. The van der Waals surface area contributed by atoms with Crippen molar-refractivity contribution in [2.45, 2.75) is 49.9 Å². The van der Waals surface area contributed by atoms with Gasteiger partial charge in [0.1, 0.15) is 12.2 Å². The van der Waals surface area contributed by atoms with Crippen LogP contribution in [0.2, 0.25) is 0 Å². The molecule has 0 aromatic rings. The summed E-state index contributed by atoms with van der Waals surface area (Å²) in [5, 5.41) is 0. The second-order valence-corrected chi connectivity index (χ2v) is 9.34. The van der Waals surface area contributed by atoms with Gasteiger partial charge in [-0.25, -0.2) is 4.18 Å². The van der Waals surface area contributed by atoms with Gasteiger partial charge in [0.15, 0.2) is 11.9 Å². The highest BCUT2D eigenvalue weighted by Gasteiger charge is 2.76. The lowest BCUT2D eigenvalue weighted by Gasteiger charge is -2.34. The Hall–Kier alpha value is -0.510. The number of alkyl halides is 3. The average Bonchev–Trinajstić information content (AvgIpc) is 2.77. The van der Waals surface area contributed by atoms with E-state index in [0.29, 0.717) is 12.5 Å². The summed E-state index contributed by atoms with van der Waals surface area (Å²) in [5.74, 6) is -5.20. The zero-order valence-electron chi connectivity index (χ0n) is 13.6. The fraction of sp³-hybridized carbons (Fsp3) is 1.00. The summed E-state index contributed by atoms with van der Waals surface area (Å²) in [6, 6.07) is 0. The standard InChI is InChI=1S/C11H17F3O9S2/c1-9(2)21-7-6(5-19-24(3,15)16)20-10(8(7)22-9,11(12,13)14)23-25(4,17)18/h6-8H,5H2,1-4H3/t6-,7-,8-,10+/m1/s1. The summed E-state index contributed by atoms with van der Waals surface area (Å²) in [6.07, 6.45) is -9.31. The Labute approximate surface area is 142 Å². The number of hydrogen-bond donors (Lipinski definition) is 0. The minimum atomic E-state index is -5.33. The molecule has 2 fully saturated rings. The molecule has 0 bridgehead atoms. The molecule has 4 atom stereocenters. The predicted octanol–water partition coefficient (Wildman–Crippen LogP) is 0.116. The number of halogens is 3. The summed E-state index contributed by atoms with van der Waals surface area (Å²) in [7, 11) is -8.63. The van der Waals surface area contributed by atoms with Crippen LogP contribution in [0.3, 0.4) is 0 Å². The first-order chi connectivity index (χ1) is 11.0. The number of ether oxygens (including phenoxy) is 3.